The van der Waals surface area contributed by atoms with Gasteiger partial charge < -0.3 is 4.74 Å². The van der Waals surface area contributed by atoms with E-state index in [1.807, 2.05) is 30.3 Å². The van der Waals surface area contributed by atoms with Gasteiger partial charge >= 0.3 is 0 Å². The zero-order valence-electron chi connectivity index (χ0n) is 8.94. The molecule has 0 spiro atoms. The fraction of sp³-hybridized carbons (Fsp3) is 0.385. The highest BCUT2D eigenvalue weighted by molar-refractivity contribution is 5.20. The maximum atomic E-state index is 5.59. The van der Waals surface area contributed by atoms with Gasteiger partial charge in [-0.3, -0.25) is 0 Å². The van der Waals surface area contributed by atoms with E-state index in [2.05, 4.69) is 26.0 Å². The molecule has 0 aliphatic carbocycles. The predicted octanol–water partition coefficient (Wildman–Crippen LogP) is 3.67. The van der Waals surface area contributed by atoms with E-state index < -0.39 is 0 Å². The first-order chi connectivity index (χ1) is 6.83. The number of rotatable bonds is 5. The second kappa shape index (κ2) is 6.25. The van der Waals surface area contributed by atoms with E-state index in [1.165, 1.54) is 0 Å². The van der Waals surface area contributed by atoms with Gasteiger partial charge in [-0.2, -0.15) is 0 Å². The molecule has 1 rings (SSSR count). The fourth-order valence-corrected chi connectivity index (χ4v) is 1.30. The number of allylic oxidation sites excluding steroid dienone is 2. The molecule has 0 saturated carbocycles. The molecule has 1 unspecified atom stereocenters. The minimum absolute atomic E-state index is 0.601. The van der Waals surface area contributed by atoms with Crippen LogP contribution in [-0.4, -0.2) is 6.61 Å². The Hall–Kier alpha value is -1.24. The van der Waals surface area contributed by atoms with Gasteiger partial charge in [-0.05, 0) is 31.4 Å². The standard InChI is InChI=1S/C13H18O/c1-3-7-12(2)10-11-14-13-8-5-4-6-9-13/h3-9,12H,10-11H2,1-2H3. The fourth-order valence-electron chi connectivity index (χ4n) is 1.30. The summed E-state index contributed by atoms with van der Waals surface area (Å²) in [7, 11) is 0. The molecular formula is C13H18O. The van der Waals surface area contributed by atoms with Crippen LogP contribution in [0.3, 0.4) is 0 Å². The summed E-state index contributed by atoms with van der Waals surface area (Å²) in [5.74, 6) is 1.56. The number of para-hydroxylation sites is 1. The number of hydrogen-bond donors (Lipinski definition) is 0. The lowest BCUT2D eigenvalue weighted by molar-refractivity contribution is 0.296. The zero-order valence-corrected chi connectivity index (χ0v) is 8.94. The van der Waals surface area contributed by atoms with Gasteiger partial charge in [0.2, 0.25) is 0 Å². The summed E-state index contributed by atoms with van der Waals surface area (Å²) in [5.41, 5.74) is 0. The lowest BCUT2D eigenvalue weighted by Gasteiger charge is -2.08. The Balaban J connectivity index is 2.22. The molecule has 0 fully saturated rings. The van der Waals surface area contributed by atoms with Crippen molar-refractivity contribution in [1.82, 2.24) is 0 Å². The van der Waals surface area contributed by atoms with Crippen molar-refractivity contribution in [3.8, 4) is 5.75 Å². The van der Waals surface area contributed by atoms with Gasteiger partial charge in [-0.25, -0.2) is 0 Å². The van der Waals surface area contributed by atoms with Gasteiger partial charge in [-0.15, -0.1) is 0 Å². The summed E-state index contributed by atoms with van der Waals surface area (Å²) in [5, 5.41) is 0. The molecule has 1 heteroatoms. The number of ether oxygens (including phenoxy) is 1. The normalized spacial score (nSPS) is 13.0. The van der Waals surface area contributed by atoms with Gasteiger partial charge in [0.05, 0.1) is 6.61 Å². The molecule has 14 heavy (non-hydrogen) atoms. The van der Waals surface area contributed by atoms with E-state index in [0.29, 0.717) is 5.92 Å². The lowest BCUT2D eigenvalue weighted by Crippen LogP contribution is -2.01. The Morgan fingerprint density at radius 2 is 2.00 bits per heavy atom. The molecule has 0 aromatic heterocycles. The molecule has 1 nitrogen and oxygen atoms in total. The molecular weight excluding hydrogens is 172 g/mol. The van der Waals surface area contributed by atoms with Crippen LogP contribution in [0.4, 0.5) is 0 Å². The van der Waals surface area contributed by atoms with E-state index >= 15 is 0 Å². The van der Waals surface area contributed by atoms with Crippen LogP contribution in [0.2, 0.25) is 0 Å². The summed E-state index contributed by atoms with van der Waals surface area (Å²) in [6.07, 6.45) is 5.36. The number of benzene rings is 1. The first kappa shape index (κ1) is 10.8. The van der Waals surface area contributed by atoms with Crippen LogP contribution in [0.15, 0.2) is 42.5 Å². The van der Waals surface area contributed by atoms with E-state index in [0.717, 1.165) is 18.8 Å². The van der Waals surface area contributed by atoms with Crippen molar-refractivity contribution in [2.24, 2.45) is 5.92 Å². The molecule has 1 aromatic carbocycles. The van der Waals surface area contributed by atoms with Gasteiger partial charge in [0.15, 0.2) is 0 Å². The average molecular weight is 190 g/mol. The van der Waals surface area contributed by atoms with Crippen molar-refractivity contribution in [3.05, 3.63) is 42.5 Å². The van der Waals surface area contributed by atoms with Crippen molar-refractivity contribution < 1.29 is 4.74 Å². The number of hydrogen-bond acceptors (Lipinski definition) is 1. The Labute approximate surface area is 86.4 Å². The third-order valence-electron chi connectivity index (χ3n) is 2.11. The Morgan fingerprint density at radius 1 is 1.29 bits per heavy atom. The monoisotopic (exact) mass is 190 g/mol. The first-order valence-corrected chi connectivity index (χ1v) is 5.13. The Bertz CT molecular complexity index is 264. The summed E-state index contributed by atoms with van der Waals surface area (Å²) in [6.45, 7) is 5.04. The molecule has 76 valence electrons. The quantitative estimate of drug-likeness (QED) is 0.644. The van der Waals surface area contributed by atoms with Crippen LogP contribution in [0.1, 0.15) is 20.3 Å². The van der Waals surface area contributed by atoms with Crippen LogP contribution in [0.5, 0.6) is 5.75 Å². The van der Waals surface area contributed by atoms with Crippen LogP contribution < -0.4 is 4.74 Å². The predicted molar refractivity (Wildman–Crippen MR) is 60.5 cm³/mol. The van der Waals surface area contributed by atoms with Gasteiger partial charge in [0, 0.05) is 0 Å². The van der Waals surface area contributed by atoms with Crippen molar-refractivity contribution >= 4 is 0 Å². The molecule has 0 heterocycles. The molecule has 0 saturated heterocycles. The summed E-state index contributed by atoms with van der Waals surface area (Å²) >= 11 is 0. The highest BCUT2D eigenvalue weighted by Crippen LogP contribution is 2.10. The summed E-state index contributed by atoms with van der Waals surface area (Å²) in [6, 6.07) is 9.95. The third kappa shape index (κ3) is 4.13. The molecule has 0 aliphatic heterocycles. The van der Waals surface area contributed by atoms with Crippen LogP contribution in [0.25, 0.3) is 0 Å². The van der Waals surface area contributed by atoms with Crippen LogP contribution >= 0.6 is 0 Å². The molecule has 0 aliphatic rings. The highest BCUT2D eigenvalue weighted by Gasteiger charge is 1.97. The smallest absolute Gasteiger partial charge is 0.119 e. The van der Waals surface area contributed by atoms with E-state index in [-0.39, 0.29) is 0 Å². The van der Waals surface area contributed by atoms with E-state index in [9.17, 15) is 0 Å². The molecule has 1 atom stereocenters. The molecule has 0 bridgehead atoms. The van der Waals surface area contributed by atoms with Crippen molar-refractivity contribution in [2.45, 2.75) is 20.3 Å². The maximum Gasteiger partial charge on any atom is 0.119 e. The first-order valence-electron chi connectivity index (χ1n) is 5.13. The van der Waals surface area contributed by atoms with Gasteiger partial charge in [0.25, 0.3) is 0 Å². The SMILES string of the molecule is CC=CC(C)CCOc1ccccc1. The molecule has 1 aromatic rings. The second-order valence-electron chi connectivity index (χ2n) is 3.45. The van der Waals surface area contributed by atoms with Crippen molar-refractivity contribution in [3.63, 3.8) is 0 Å². The highest BCUT2D eigenvalue weighted by atomic mass is 16.5. The Morgan fingerprint density at radius 3 is 2.64 bits per heavy atom. The molecule has 0 amide bonds. The molecule has 0 N–H and O–H groups in total. The molecule has 0 radical (unpaired) electrons. The van der Waals surface area contributed by atoms with E-state index in [1.54, 1.807) is 0 Å². The maximum absolute atomic E-state index is 5.59. The largest absolute Gasteiger partial charge is 0.494 e. The van der Waals surface area contributed by atoms with Crippen LogP contribution in [-0.2, 0) is 0 Å². The minimum atomic E-state index is 0.601. The summed E-state index contributed by atoms with van der Waals surface area (Å²) in [4.78, 5) is 0. The third-order valence-corrected chi connectivity index (χ3v) is 2.11. The van der Waals surface area contributed by atoms with Gasteiger partial charge in [-0.1, -0.05) is 37.3 Å². The van der Waals surface area contributed by atoms with Crippen molar-refractivity contribution in [2.75, 3.05) is 6.61 Å². The second-order valence-corrected chi connectivity index (χ2v) is 3.45. The average Bonchev–Trinajstić information content (AvgIpc) is 2.20. The van der Waals surface area contributed by atoms with E-state index in [4.69, 9.17) is 4.74 Å². The minimum Gasteiger partial charge on any atom is -0.494 e. The van der Waals surface area contributed by atoms with Gasteiger partial charge in [0.1, 0.15) is 5.75 Å². The zero-order chi connectivity index (χ0) is 10.2. The topological polar surface area (TPSA) is 9.23 Å². The van der Waals surface area contributed by atoms with Crippen LogP contribution in [0, 0.1) is 5.92 Å². The summed E-state index contributed by atoms with van der Waals surface area (Å²) < 4.78 is 5.59. The lowest BCUT2D eigenvalue weighted by atomic mass is 10.1. The van der Waals surface area contributed by atoms with Crippen molar-refractivity contribution in [1.29, 1.82) is 0 Å². The Kier molecular flexibility index (Phi) is 4.84.